The molecule has 6 nitrogen and oxygen atoms in total. The molecule has 1 amide bonds. The summed E-state index contributed by atoms with van der Waals surface area (Å²) in [7, 11) is -2.65. The lowest BCUT2D eigenvalue weighted by atomic mass is 10.2. The van der Waals surface area contributed by atoms with Gasteiger partial charge in [-0.2, -0.15) is 0 Å². The van der Waals surface area contributed by atoms with E-state index in [9.17, 15) is 17.6 Å². The fourth-order valence-corrected chi connectivity index (χ4v) is 4.98. The van der Waals surface area contributed by atoms with Crippen LogP contribution >= 0.6 is 15.9 Å². The van der Waals surface area contributed by atoms with Crippen molar-refractivity contribution >= 4 is 43.2 Å². The standard InChI is InChI=1S/C22H20BrFN2O4S/c1-15-7-9-16(10-8-15)26(14-22(27)25-20-6-4-3-5-19(20)24)31(28,29)17-11-12-21(30-2)18(23)13-17/h3-13H,14H2,1-2H3,(H,25,27). The molecule has 0 aliphatic carbocycles. The molecule has 0 fully saturated rings. The van der Waals surface area contributed by atoms with Gasteiger partial charge in [0.1, 0.15) is 18.1 Å². The van der Waals surface area contributed by atoms with Crippen LogP contribution in [0, 0.1) is 12.7 Å². The maximum atomic E-state index is 13.9. The molecule has 0 aliphatic rings. The molecule has 0 unspecified atom stereocenters. The van der Waals surface area contributed by atoms with Crippen molar-refractivity contribution in [3.8, 4) is 5.75 Å². The fraction of sp³-hybridized carbons (Fsp3) is 0.136. The number of benzene rings is 3. The third-order valence-corrected chi connectivity index (χ3v) is 6.86. The summed E-state index contributed by atoms with van der Waals surface area (Å²) in [6, 6.07) is 16.7. The average Bonchev–Trinajstić information content (AvgIpc) is 2.74. The maximum Gasteiger partial charge on any atom is 0.264 e. The van der Waals surface area contributed by atoms with Gasteiger partial charge in [0.2, 0.25) is 5.91 Å². The van der Waals surface area contributed by atoms with Crippen molar-refractivity contribution in [1.29, 1.82) is 0 Å². The van der Waals surface area contributed by atoms with Gasteiger partial charge in [0.25, 0.3) is 10.0 Å². The van der Waals surface area contributed by atoms with Crippen LogP contribution in [0.25, 0.3) is 0 Å². The van der Waals surface area contributed by atoms with Gasteiger partial charge in [0.05, 0.1) is 27.9 Å². The van der Waals surface area contributed by atoms with Crippen molar-refractivity contribution in [2.24, 2.45) is 0 Å². The number of nitrogens with zero attached hydrogens (tertiary/aromatic N) is 1. The Kier molecular flexibility index (Phi) is 6.97. The molecule has 31 heavy (non-hydrogen) atoms. The van der Waals surface area contributed by atoms with E-state index < -0.39 is 28.3 Å². The molecule has 0 heterocycles. The lowest BCUT2D eigenvalue weighted by molar-refractivity contribution is -0.114. The van der Waals surface area contributed by atoms with Crippen molar-refractivity contribution < 1.29 is 22.3 Å². The molecule has 0 bridgehead atoms. The molecule has 0 atom stereocenters. The van der Waals surface area contributed by atoms with Gasteiger partial charge in [0, 0.05) is 0 Å². The number of hydrogen-bond donors (Lipinski definition) is 1. The molecule has 1 N–H and O–H groups in total. The Balaban J connectivity index is 1.98. The van der Waals surface area contributed by atoms with Crippen molar-refractivity contribution in [3.05, 3.63) is 82.6 Å². The largest absolute Gasteiger partial charge is 0.496 e. The molecule has 0 spiro atoms. The topological polar surface area (TPSA) is 75.7 Å². The molecule has 0 aliphatic heterocycles. The first-order chi connectivity index (χ1) is 14.7. The highest BCUT2D eigenvalue weighted by Gasteiger charge is 2.28. The normalized spacial score (nSPS) is 11.1. The minimum atomic E-state index is -4.12. The van der Waals surface area contributed by atoms with E-state index >= 15 is 0 Å². The van der Waals surface area contributed by atoms with Crippen molar-refractivity contribution in [2.75, 3.05) is 23.3 Å². The van der Waals surface area contributed by atoms with Gasteiger partial charge < -0.3 is 10.1 Å². The van der Waals surface area contributed by atoms with Crippen LogP contribution in [0.1, 0.15) is 5.56 Å². The predicted molar refractivity (Wildman–Crippen MR) is 121 cm³/mol. The average molecular weight is 507 g/mol. The Morgan fingerprint density at radius 3 is 2.39 bits per heavy atom. The second kappa shape index (κ2) is 9.49. The van der Waals surface area contributed by atoms with E-state index in [0.717, 1.165) is 9.87 Å². The highest BCUT2D eigenvalue weighted by Crippen LogP contribution is 2.31. The molecule has 9 heteroatoms. The predicted octanol–water partition coefficient (Wildman–Crippen LogP) is 4.74. The van der Waals surface area contributed by atoms with E-state index in [1.54, 1.807) is 30.3 Å². The van der Waals surface area contributed by atoms with Crippen molar-refractivity contribution in [2.45, 2.75) is 11.8 Å². The van der Waals surface area contributed by atoms with Gasteiger partial charge in [-0.05, 0) is 65.3 Å². The number of sulfonamides is 1. The number of methoxy groups -OCH3 is 1. The second-order valence-electron chi connectivity index (χ2n) is 6.67. The number of hydrogen-bond acceptors (Lipinski definition) is 4. The van der Waals surface area contributed by atoms with Crippen LogP contribution in [0.3, 0.4) is 0 Å². The number of anilines is 2. The van der Waals surface area contributed by atoms with Crippen LogP contribution in [-0.2, 0) is 14.8 Å². The highest BCUT2D eigenvalue weighted by molar-refractivity contribution is 9.10. The van der Waals surface area contributed by atoms with Crippen LogP contribution in [0.5, 0.6) is 5.75 Å². The second-order valence-corrected chi connectivity index (χ2v) is 9.39. The maximum absolute atomic E-state index is 13.9. The van der Waals surface area contributed by atoms with E-state index in [4.69, 9.17) is 4.74 Å². The van der Waals surface area contributed by atoms with Gasteiger partial charge >= 0.3 is 0 Å². The van der Waals surface area contributed by atoms with Gasteiger partial charge in [-0.3, -0.25) is 9.10 Å². The van der Waals surface area contributed by atoms with E-state index in [1.807, 2.05) is 6.92 Å². The summed E-state index contributed by atoms with van der Waals surface area (Å²) in [5, 5.41) is 2.43. The van der Waals surface area contributed by atoms with E-state index in [2.05, 4.69) is 21.2 Å². The van der Waals surface area contributed by atoms with Crippen LogP contribution in [-0.4, -0.2) is 28.0 Å². The molecule has 0 saturated carbocycles. The zero-order valence-electron chi connectivity index (χ0n) is 16.8. The lowest BCUT2D eigenvalue weighted by Gasteiger charge is -2.24. The molecule has 3 aromatic carbocycles. The number of carbonyl (C=O) groups excluding carboxylic acids is 1. The van der Waals surface area contributed by atoms with E-state index in [0.29, 0.717) is 15.9 Å². The Labute approximate surface area is 188 Å². The van der Waals surface area contributed by atoms with Crippen molar-refractivity contribution in [3.63, 3.8) is 0 Å². The molecule has 3 aromatic rings. The molecule has 0 saturated heterocycles. The number of aryl methyl sites for hydroxylation is 1. The Morgan fingerprint density at radius 2 is 1.77 bits per heavy atom. The third-order valence-electron chi connectivity index (χ3n) is 4.47. The van der Waals surface area contributed by atoms with Crippen LogP contribution in [0.15, 0.2) is 76.1 Å². The third kappa shape index (κ3) is 5.23. The monoisotopic (exact) mass is 506 g/mol. The summed E-state index contributed by atoms with van der Waals surface area (Å²) >= 11 is 3.29. The van der Waals surface area contributed by atoms with Crippen LogP contribution in [0.2, 0.25) is 0 Å². The molecule has 3 rings (SSSR count). The number of rotatable bonds is 7. The summed E-state index contributed by atoms with van der Waals surface area (Å²) in [6.45, 7) is 1.33. The molecule has 0 radical (unpaired) electrons. The summed E-state index contributed by atoms with van der Waals surface area (Å²) < 4.78 is 47.4. The Morgan fingerprint density at radius 1 is 1.10 bits per heavy atom. The number of para-hydroxylation sites is 1. The Hall–Kier alpha value is -2.91. The minimum Gasteiger partial charge on any atom is -0.496 e. The summed E-state index contributed by atoms with van der Waals surface area (Å²) in [5.41, 5.74) is 1.21. The fourth-order valence-electron chi connectivity index (χ4n) is 2.84. The first kappa shape index (κ1) is 22.8. The Bertz CT molecular complexity index is 1200. The number of ether oxygens (including phenoxy) is 1. The van der Waals surface area contributed by atoms with Crippen LogP contribution in [0.4, 0.5) is 15.8 Å². The summed E-state index contributed by atoms with van der Waals surface area (Å²) in [6.07, 6.45) is 0. The zero-order chi connectivity index (χ0) is 22.6. The van der Waals surface area contributed by atoms with E-state index in [1.165, 1.54) is 43.5 Å². The zero-order valence-corrected chi connectivity index (χ0v) is 19.2. The van der Waals surface area contributed by atoms with Gasteiger partial charge in [-0.1, -0.05) is 29.8 Å². The van der Waals surface area contributed by atoms with Gasteiger partial charge in [-0.15, -0.1) is 0 Å². The molecular weight excluding hydrogens is 487 g/mol. The quantitative estimate of drug-likeness (QED) is 0.502. The van der Waals surface area contributed by atoms with Gasteiger partial charge in [-0.25, -0.2) is 12.8 Å². The number of halogens is 2. The molecule has 162 valence electrons. The molecular formula is C22H20BrFN2O4S. The number of nitrogens with one attached hydrogen (secondary N) is 1. The highest BCUT2D eigenvalue weighted by atomic mass is 79.9. The van der Waals surface area contributed by atoms with E-state index in [-0.39, 0.29) is 10.6 Å². The summed E-state index contributed by atoms with van der Waals surface area (Å²) in [4.78, 5) is 12.6. The number of carbonyl (C=O) groups is 1. The SMILES string of the molecule is COc1ccc(S(=O)(=O)N(CC(=O)Nc2ccccc2F)c2ccc(C)cc2)cc1Br. The summed E-state index contributed by atoms with van der Waals surface area (Å²) in [5.74, 6) is -0.820. The first-order valence-electron chi connectivity index (χ1n) is 9.19. The van der Waals surface area contributed by atoms with Crippen LogP contribution < -0.4 is 14.4 Å². The minimum absolute atomic E-state index is 0.0269. The smallest absolute Gasteiger partial charge is 0.264 e. The molecule has 0 aromatic heterocycles. The number of amides is 1. The van der Waals surface area contributed by atoms with Gasteiger partial charge in [0.15, 0.2) is 0 Å². The first-order valence-corrected chi connectivity index (χ1v) is 11.4. The van der Waals surface area contributed by atoms with Crippen molar-refractivity contribution in [1.82, 2.24) is 0 Å². The lowest BCUT2D eigenvalue weighted by Crippen LogP contribution is -2.38.